The van der Waals surface area contributed by atoms with Gasteiger partial charge < -0.3 is 9.73 Å². The molecule has 0 amide bonds. The predicted octanol–water partition coefficient (Wildman–Crippen LogP) is 4.47. The Bertz CT molecular complexity index is 510. The van der Waals surface area contributed by atoms with Crippen molar-refractivity contribution in [3.63, 3.8) is 0 Å². The second-order valence-electron chi connectivity index (χ2n) is 3.69. The Morgan fingerprint density at radius 1 is 1.35 bits per heavy atom. The second kappa shape index (κ2) is 5.71. The zero-order valence-corrected chi connectivity index (χ0v) is 11.8. The van der Waals surface area contributed by atoms with Crippen molar-refractivity contribution < 1.29 is 4.42 Å². The predicted molar refractivity (Wildman–Crippen MR) is 74.2 cm³/mol. The molecule has 0 saturated heterocycles. The molecule has 0 aliphatic heterocycles. The summed E-state index contributed by atoms with van der Waals surface area (Å²) in [4.78, 5) is 0. The minimum absolute atomic E-state index is 0.705. The molecule has 0 fully saturated rings. The molecule has 0 saturated carbocycles. The highest BCUT2D eigenvalue weighted by molar-refractivity contribution is 9.10. The molecule has 2 nitrogen and oxygen atoms in total. The quantitative estimate of drug-likeness (QED) is 0.900. The van der Waals surface area contributed by atoms with E-state index in [1.54, 1.807) is 6.26 Å². The van der Waals surface area contributed by atoms with Crippen LogP contribution in [0.1, 0.15) is 12.5 Å². The van der Waals surface area contributed by atoms with E-state index in [0.29, 0.717) is 5.02 Å². The van der Waals surface area contributed by atoms with Crippen molar-refractivity contribution in [1.82, 2.24) is 5.32 Å². The highest BCUT2D eigenvalue weighted by atomic mass is 79.9. The molecule has 1 aromatic carbocycles. The van der Waals surface area contributed by atoms with Gasteiger partial charge in [-0.15, -0.1) is 0 Å². The summed E-state index contributed by atoms with van der Waals surface area (Å²) < 4.78 is 6.32. The van der Waals surface area contributed by atoms with Crippen molar-refractivity contribution in [3.05, 3.63) is 45.6 Å². The number of nitrogens with one attached hydrogen (secondary N) is 1. The molecule has 4 heteroatoms. The van der Waals surface area contributed by atoms with Gasteiger partial charge in [0.05, 0.1) is 15.8 Å². The van der Waals surface area contributed by atoms with Gasteiger partial charge in [-0.25, -0.2) is 0 Å². The Kier molecular flexibility index (Phi) is 4.26. The minimum atomic E-state index is 0.705. The number of halogens is 2. The van der Waals surface area contributed by atoms with Crippen LogP contribution in [-0.4, -0.2) is 6.54 Å². The lowest BCUT2D eigenvalue weighted by Gasteiger charge is -2.06. The lowest BCUT2D eigenvalue weighted by molar-refractivity contribution is 0.581. The van der Waals surface area contributed by atoms with Gasteiger partial charge in [-0.1, -0.05) is 24.6 Å². The largest absolute Gasteiger partial charge is 0.463 e. The van der Waals surface area contributed by atoms with Crippen LogP contribution in [0, 0.1) is 0 Å². The van der Waals surface area contributed by atoms with Crippen LogP contribution in [0.25, 0.3) is 11.3 Å². The molecule has 0 aliphatic carbocycles. The Balaban J connectivity index is 2.29. The van der Waals surface area contributed by atoms with Crippen molar-refractivity contribution in [2.24, 2.45) is 0 Å². The summed E-state index contributed by atoms with van der Waals surface area (Å²) in [5, 5.41) is 3.97. The normalized spacial score (nSPS) is 10.8. The Morgan fingerprint density at radius 3 is 2.76 bits per heavy atom. The number of furan rings is 1. The SMILES string of the molecule is CCNCc1ccc(-c2occc2Br)c(Cl)c1. The Morgan fingerprint density at radius 2 is 2.18 bits per heavy atom. The average molecular weight is 315 g/mol. The van der Waals surface area contributed by atoms with E-state index >= 15 is 0 Å². The molecule has 0 spiro atoms. The van der Waals surface area contributed by atoms with Crippen LogP contribution in [0.4, 0.5) is 0 Å². The van der Waals surface area contributed by atoms with E-state index in [9.17, 15) is 0 Å². The van der Waals surface area contributed by atoms with Crippen LogP contribution in [-0.2, 0) is 6.54 Å². The van der Waals surface area contributed by atoms with Gasteiger partial charge in [0.2, 0.25) is 0 Å². The first-order chi connectivity index (χ1) is 8.22. The van der Waals surface area contributed by atoms with Gasteiger partial charge in [0.1, 0.15) is 5.76 Å². The van der Waals surface area contributed by atoms with E-state index in [4.69, 9.17) is 16.0 Å². The van der Waals surface area contributed by atoms with Gasteiger partial charge >= 0.3 is 0 Å². The fourth-order valence-corrected chi connectivity index (χ4v) is 2.31. The first-order valence-corrected chi connectivity index (χ1v) is 6.62. The van der Waals surface area contributed by atoms with Gasteiger partial charge in [-0.05, 0) is 46.2 Å². The number of hydrogen-bond donors (Lipinski definition) is 1. The highest BCUT2D eigenvalue weighted by Gasteiger charge is 2.10. The van der Waals surface area contributed by atoms with E-state index in [-0.39, 0.29) is 0 Å². The van der Waals surface area contributed by atoms with Gasteiger partial charge in [0, 0.05) is 12.1 Å². The van der Waals surface area contributed by atoms with Crippen molar-refractivity contribution >= 4 is 27.5 Å². The maximum Gasteiger partial charge on any atom is 0.149 e. The molecule has 0 bridgehead atoms. The third-order valence-electron chi connectivity index (χ3n) is 2.47. The monoisotopic (exact) mass is 313 g/mol. The summed E-state index contributed by atoms with van der Waals surface area (Å²) in [6.07, 6.45) is 1.64. The molecular formula is C13H13BrClNO. The summed E-state index contributed by atoms with van der Waals surface area (Å²) in [5.74, 6) is 0.769. The van der Waals surface area contributed by atoms with Crippen LogP contribution in [0.3, 0.4) is 0 Å². The molecule has 1 N–H and O–H groups in total. The summed E-state index contributed by atoms with van der Waals surface area (Å²) in [6.45, 7) is 3.86. The van der Waals surface area contributed by atoms with Crippen LogP contribution < -0.4 is 5.32 Å². The van der Waals surface area contributed by atoms with Gasteiger partial charge in [-0.2, -0.15) is 0 Å². The van der Waals surface area contributed by atoms with Gasteiger partial charge in [0.15, 0.2) is 0 Å². The average Bonchev–Trinajstić information content (AvgIpc) is 2.73. The van der Waals surface area contributed by atoms with Gasteiger partial charge in [-0.3, -0.25) is 0 Å². The topological polar surface area (TPSA) is 25.2 Å². The van der Waals surface area contributed by atoms with Crippen LogP contribution >= 0.6 is 27.5 Å². The van der Waals surface area contributed by atoms with Crippen molar-refractivity contribution in [3.8, 4) is 11.3 Å². The second-order valence-corrected chi connectivity index (χ2v) is 4.95. The molecule has 0 atom stereocenters. The third-order valence-corrected chi connectivity index (χ3v) is 3.41. The van der Waals surface area contributed by atoms with E-state index in [1.165, 1.54) is 5.56 Å². The van der Waals surface area contributed by atoms with Crippen LogP contribution in [0.15, 0.2) is 39.4 Å². The Labute approximate surface area is 114 Å². The van der Waals surface area contributed by atoms with Crippen molar-refractivity contribution in [2.45, 2.75) is 13.5 Å². The van der Waals surface area contributed by atoms with Crippen molar-refractivity contribution in [2.75, 3.05) is 6.54 Å². The molecule has 2 rings (SSSR count). The first kappa shape index (κ1) is 12.7. The molecule has 0 unspecified atom stereocenters. The summed E-state index contributed by atoms with van der Waals surface area (Å²) in [6, 6.07) is 7.87. The van der Waals surface area contributed by atoms with E-state index in [0.717, 1.165) is 28.9 Å². The standard InChI is InChI=1S/C13H13BrClNO/c1-2-16-8-9-3-4-10(12(15)7-9)13-11(14)5-6-17-13/h3-7,16H,2,8H2,1H3. The molecular weight excluding hydrogens is 302 g/mol. The summed E-state index contributed by atoms with van der Waals surface area (Å²) >= 11 is 9.70. The zero-order chi connectivity index (χ0) is 12.3. The molecule has 1 heterocycles. The lowest BCUT2D eigenvalue weighted by atomic mass is 10.1. The molecule has 0 radical (unpaired) electrons. The molecule has 0 aliphatic rings. The molecule has 2 aromatic rings. The number of rotatable bonds is 4. The zero-order valence-electron chi connectivity index (χ0n) is 9.47. The van der Waals surface area contributed by atoms with Gasteiger partial charge in [0.25, 0.3) is 0 Å². The Hall–Kier alpha value is -0.770. The smallest absolute Gasteiger partial charge is 0.149 e. The summed E-state index contributed by atoms with van der Waals surface area (Å²) in [7, 11) is 0. The van der Waals surface area contributed by atoms with E-state index in [1.807, 2.05) is 18.2 Å². The molecule has 1 aromatic heterocycles. The summed E-state index contributed by atoms with van der Waals surface area (Å²) in [5.41, 5.74) is 2.08. The number of hydrogen-bond acceptors (Lipinski definition) is 2. The maximum absolute atomic E-state index is 6.26. The van der Waals surface area contributed by atoms with Crippen LogP contribution in [0.5, 0.6) is 0 Å². The van der Waals surface area contributed by atoms with E-state index < -0.39 is 0 Å². The minimum Gasteiger partial charge on any atom is -0.463 e. The first-order valence-electron chi connectivity index (χ1n) is 5.45. The van der Waals surface area contributed by atoms with Crippen LogP contribution in [0.2, 0.25) is 5.02 Å². The van der Waals surface area contributed by atoms with E-state index in [2.05, 4.69) is 34.2 Å². The molecule has 90 valence electrons. The van der Waals surface area contributed by atoms with Crippen molar-refractivity contribution in [1.29, 1.82) is 0 Å². The fourth-order valence-electron chi connectivity index (χ4n) is 1.61. The highest BCUT2D eigenvalue weighted by Crippen LogP contribution is 2.34. The molecule has 17 heavy (non-hydrogen) atoms. The fraction of sp³-hybridized carbons (Fsp3) is 0.231. The number of benzene rings is 1. The maximum atomic E-state index is 6.26. The lowest BCUT2D eigenvalue weighted by Crippen LogP contribution is -2.11. The third kappa shape index (κ3) is 2.92.